The highest BCUT2D eigenvalue weighted by Gasteiger charge is 2.24. The number of carbonyl (C=O) groups excluding carboxylic acids is 1. The number of hydrogen-bond acceptors (Lipinski definition) is 6. The second-order valence-corrected chi connectivity index (χ2v) is 10.1. The van der Waals surface area contributed by atoms with Crippen molar-refractivity contribution in [1.82, 2.24) is 4.31 Å². The minimum Gasteiger partial charge on any atom is -0.489 e. The predicted octanol–water partition coefficient (Wildman–Crippen LogP) is 4.28. The first-order valence-electron chi connectivity index (χ1n) is 10.7. The van der Waals surface area contributed by atoms with Gasteiger partial charge in [0, 0.05) is 30.4 Å². The molecule has 0 spiro atoms. The first-order chi connectivity index (χ1) is 16.2. The van der Waals surface area contributed by atoms with E-state index in [1.165, 1.54) is 23.5 Å². The zero-order valence-electron chi connectivity index (χ0n) is 19.1. The molecule has 0 aliphatic carbocycles. The Morgan fingerprint density at radius 2 is 1.79 bits per heavy atom. The molecule has 0 radical (unpaired) electrons. The van der Waals surface area contributed by atoms with Crippen LogP contribution in [0.2, 0.25) is 0 Å². The van der Waals surface area contributed by atoms with Crippen LogP contribution < -0.4 is 19.5 Å². The third kappa shape index (κ3) is 5.16. The molecule has 1 heterocycles. The first-order valence-corrected chi connectivity index (χ1v) is 12.2. The van der Waals surface area contributed by atoms with Gasteiger partial charge in [-0.2, -0.15) is 4.31 Å². The van der Waals surface area contributed by atoms with Gasteiger partial charge in [0.15, 0.2) is 11.5 Å². The number of anilines is 1. The molecule has 8 nitrogen and oxygen atoms in total. The molecular weight excluding hydrogens is 456 g/mol. The minimum atomic E-state index is -3.69. The highest BCUT2D eigenvalue weighted by molar-refractivity contribution is 7.89. The lowest BCUT2D eigenvalue weighted by Crippen LogP contribution is -2.33. The van der Waals surface area contributed by atoms with Crippen LogP contribution in [0.3, 0.4) is 0 Å². The molecular formula is C25H26N2O6S. The Morgan fingerprint density at radius 3 is 2.59 bits per heavy atom. The lowest BCUT2D eigenvalue weighted by molar-refractivity contribution is 0.102. The zero-order valence-corrected chi connectivity index (χ0v) is 20.0. The van der Waals surface area contributed by atoms with E-state index >= 15 is 0 Å². The monoisotopic (exact) mass is 482 g/mol. The van der Waals surface area contributed by atoms with Gasteiger partial charge in [0.25, 0.3) is 5.91 Å². The van der Waals surface area contributed by atoms with Crippen LogP contribution in [0.25, 0.3) is 0 Å². The second kappa shape index (κ2) is 9.74. The quantitative estimate of drug-likeness (QED) is 0.515. The highest BCUT2D eigenvalue weighted by atomic mass is 32.2. The van der Waals surface area contributed by atoms with Gasteiger partial charge in [-0.1, -0.05) is 18.2 Å². The number of carbonyl (C=O) groups is 1. The number of rotatable bonds is 8. The normalized spacial score (nSPS) is 12.7. The molecule has 34 heavy (non-hydrogen) atoms. The van der Waals surface area contributed by atoms with Gasteiger partial charge in [-0.15, -0.1) is 0 Å². The molecule has 0 aromatic heterocycles. The van der Waals surface area contributed by atoms with Crippen LogP contribution in [0.15, 0.2) is 71.6 Å². The highest BCUT2D eigenvalue weighted by Crippen LogP contribution is 2.35. The van der Waals surface area contributed by atoms with Crippen molar-refractivity contribution < 1.29 is 27.4 Å². The standard InChI is InChI=1S/C25H26N2O6S/c1-17(2)27(3)34(29,30)22-9-5-7-19(13-22)25(28)26-20-8-4-6-18(12-20)15-31-21-10-11-23-24(14-21)33-16-32-23/h4-14,17H,15-16H2,1-3H3,(H,26,28). The summed E-state index contributed by atoms with van der Waals surface area (Å²) < 4.78 is 43.3. The summed E-state index contributed by atoms with van der Waals surface area (Å²) >= 11 is 0. The molecule has 9 heteroatoms. The Bertz CT molecular complexity index is 1310. The van der Waals surface area contributed by atoms with E-state index < -0.39 is 15.9 Å². The summed E-state index contributed by atoms with van der Waals surface area (Å²) in [5.74, 6) is 1.56. The predicted molar refractivity (Wildman–Crippen MR) is 128 cm³/mol. The average Bonchev–Trinajstić information content (AvgIpc) is 3.30. The Hall–Kier alpha value is -3.56. The summed E-state index contributed by atoms with van der Waals surface area (Å²) in [6.45, 7) is 4.07. The van der Waals surface area contributed by atoms with Gasteiger partial charge in [-0.05, 0) is 61.9 Å². The van der Waals surface area contributed by atoms with Crippen LogP contribution in [0, 0.1) is 0 Å². The molecule has 3 aromatic carbocycles. The van der Waals surface area contributed by atoms with Crippen LogP contribution >= 0.6 is 0 Å². The SMILES string of the molecule is CC(C)N(C)S(=O)(=O)c1cccc(C(=O)Nc2cccc(COc3ccc4c(c3)OCO4)c2)c1. The maximum Gasteiger partial charge on any atom is 0.255 e. The molecule has 1 aliphatic heterocycles. The van der Waals surface area contributed by atoms with E-state index in [-0.39, 0.29) is 23.3 Å². The third-order valence-electron chi connectivity index (χ3n) is 5.43. The fourth-order valence-electron chi connectivity index (χ4n) is 3.32. The molecule has 1 N–H and O–H groups in total. The number of nitrogens with one attached hydrogen (secondary N) is 1. The minimum absolute atomic E-state index is 0.0715. The topological polar surface area (TPSA) is 94.2 Å². The molecule has 0 atom stereocenters. The molecule has 0 fully saturated rings. The van der Waals surface area contributed by atoms with Gasteiger partial charge < -0.3 is 19.5 Å². The summed E-state index contributed by atoms with van der Waals surface area (Å²) in [5, 5.41) is 2.82. The average molecular weight is 483 g/mol. The molecule has 0 unspecified atom stereocenters. The van der Waals surface area contributed by atoms with E-state index in [0.29, 0.717) is 29.5 Å². The van der Waals surface area contributed by atoms with Gasteiger partial charge in [-0.3, -0.25) is 4.79 Å². The molecule has 1 amide bonds. The van der Waals surface area contributed by atoms with Gasteiger partial charge in [0.2, 0.25) is 16.8 Å². The third-order valence-corrected chi connectivity index (χ3v) is 7.46. The number of benzene rings is 3. The number of nitrogens with zero attached hydrogens (tertiary/aromatic N) is 1. The zero-order chi connectivity index (χ0) is 24.3. The largest absolute Gasteiger partial charge is 0.489 e. The van der Waals surface area contributed by atoms with E-state index in [1.54, 1.807) is 56.3 Å². The van der Waals surface area contributed by atoms with Crippen LogP contribution in [-0.4, -0.2) is 38.5 Å². The Kier molecular flexibility index (Phi) is 6.76. The van der Waals surface area contributed by atoms with Crippen LogP contribution in [-0.2, 0) is 16.6 Å². The fourth-order valence-corrected chi connectivity index (χ4v) is 4.73. The summed E-state index contributed by atoms with van der Waals surface area (Å²) in [7, 11) is -2.17. The van der Waals surface area contributed by atoms with E-state index in [4.69, 9.17) is 14.2 Å². The van der Waals surface area contributed by atoms with Crippen molar-refractivity contribution in [3.63, 3.8) is 0 Å². The van der Waals surface area contributed by atoms with Crippen molar-refractivity contribution in [2.45, 2.75) is 31.4 Å². The van der Waals surface area contributed by atoms with Crippen molar-refractivity contribution >= 4 is 21.6 Å². The van der Waals surface area contributed by atoms with Crippen molar-refractivity contribution in [3.05, 3.63) is 77.9 Å². The summed E-state index contributed by atoms with van der Waals surface area (Å²) in [6.07, 6.45) is 0. The second-order valence-electron chi connectivity index (χ2n) is 8.10. The first kappa shape index (κ1) is 23.6. The fraction of sp³-hybridized carbons (Fsp3) is 0.240. The molecule has 1 aliphatic rings. The summed E-state index contributed by atoms with van der Waals surface area (Å²) in [5.41, 5.74) is 1.68. The summed E-state index contributed by atoms with van der Waals surface area (Å²) in [4.78, 5) is 12.9. The Balaban J connectivity index is 1.43. The van der Waals surface area contributed by atoms with E-state index in [0.717, 1.165) is 5.56 Å². The van der Waals surface area contributed by atoms with E-state index in [2.05, 4.69) is 5.32 Å². The maximum absolute atomic E-state index is 12.8. The van der Waals surface area contributed by atoms with E-state index in [1.807, 2.05) is 12.1 Å². The summed E-state index contributed by atoms with van der Waals surface area (Å²) in [6, 6.07) is 18.4. The molecule has 0 saturated heterocycles. The molecule has 3 aromatic rings. The van der Waals surface area contributed by atoms with Gasteiger partial charge in [0.1, 0.15) is 12.4 Å². The van der Waals surface area contributed by atoms with Crippen molar-refractivity contribution in [3.8, 4) is 17.2 Å². The maximum atomic E-state index is 12.8. The smallest absolute Gasteiger partial charge is 0.255 e. The lowest BCUT2D eigenvalue weighted by Gasteiger charge is -2.21. The van der Waals surface area contributed by atoms with Crippen molar-refractivity contribution in [1.29, 1.82) is 0 Å². The Labute approximate surface area is 199 Å². The number of amides is 1. The van der Waals surface area contributed by atoms with E-state index in [9.17, 15) is 13.2 Å². The van der Waals surface area contributed by atoms with Gasteiger partial charge in [0.05, 0.1) is 4.90 Å². The van der Waals surface area contributed by atoms with Crippen molar-refractivity contribution in [2.24, 2.45) is 0 Å². The number of ether oxygens (including phenoxy) is 3. The van der Waals surface area contributed by atoms with Crippen LogP contribution in [0.5, 0.6) is 17.2 Å². The van der Waals surface area contributed by atoms with Crippen LogP contribution in [0.1, 0.15) is 29.8 Å². The molecule has 0 saturated carbocycles. The van der Waals surface area contributed by atoms with Crippen molar-refractivity contribution in [2.75, 3.05) is 19.2 Å². The number of fused-ring (bicyclic) bond motifs is 1. The number of sulfonamides is 1. The number of hydrogen-bond donors (Lipinski definition) is 1. The molecule has 0 bridgehead atoms. The lowest BCUT2D eigenvalue weighted by atomic mass is 10.2. The van der Waals surface area contributed by atoms with Crippen LogP contribution in [0.4, 0.5) is 5.69 Å². The Morgan fingerprint density at radius 1 is 1.03 bits per heavy atom. The van der Waals surface area contributed by atoms with Gasteiger partial charge in [-0.25, -0.2) is 8.42 Å². The molecule has 178 valence electrons. The van der Waals surface area contributed by atoms with Gasteiger partial charge >= 0.3 is 0 Å². The molecule has 4 rings (SSSR count).